The number of fused-ring (bicyclic) bond motifs is 4. The fourth-order valence-electron chi connectivity index (χ4n) is 5.75. The number of halogens is 2. The van der Waals surface area contributed by atoms with Crippen LogP contribution in [0.25, 0.3) is 16.3 Å². The minimum Gasteiger partial charge on any atom is -0.487 e. The van der Waals surface area contributed by atoms with Crippen LogP contribution in [0.4, 0.5) is 5.69 Å². The van der Waals surface area contributed by atoms with Crippen LogP contribution in [0.5, 0.6) is 5.75 Å². The molecule has 1 heterocycles. The van der Waals surface area contributed by atoms with Crippen molar-refractivity contribution in [3.63, 3.8) is 0 Å². The van der Waals surface area contributed by atoms with Crippen LogP contribution in [0.15, 0.2) is 84.4 Å². The first-order chi connectivity index (χ1) is 17.8. The summed E-state index contributed by atoms with van der Waals surface area (Å²) in [5.41, 5.74) is 6.38. The molecule has 1 aliphatic carbocycles. The predicted octanol–water partition coefficient (Wildman–Crippen LogP) is 8.94. The zero-order valence-electron chi connectivity index (χ0n) is 20.8. The number of hydrogen-bond acceptors (Lipinski definition) is 3. The number of benzene rings is 4. The molecule has 0 saturated heterocycles. The van der Waals surface area contributed by atoms with E-state index in [2.05, 4.69) is 125 Å². The van der Waals surface area contributed by atoms with Crippen molar-refractivity contribution in [2.75, 3.05) is 5.32 Å². The van der Waals surface area contributed by atoms with Gasteiger partial charge in [-0.3, -0.25) is 4.79 Å². The first-order valence-corrected chi connectivity index (χ1v) is 14.7. The minimum absolute atomic E-state index is 0.0851. The van der Waals surface area contributed by atoms with E-state index < -0.39 is 0 Å². The normalized spacial score (nSPS) is 18.3. The molecule has 0 fully saturated rings. The Labute approximate surface area is 245 Å². The van der Waals surface area contributed by atoms with Gasteiger partial charge in [0.1, 0.15) is 12.4 Å². The third-order valence-corrected chi connectivity index (χ3v) is 8.74. The lowest BCUT2D eigenvalue weighted by Crippen LogP contribution is -2.33. The number of hydrogen-bond donors (Lipinski definition) is 1. The Morgan fingerprint density at radius 3 is 2.51 bits per heavy atom. The third kappa shape index (κ3) is 4.69. The molecule has 186 valence electrons. The quantitative estimate of drug-likeness (QED) is 0.215. The third-order valence-electron chi connectivity index (χ3n) is 7.31. The van der Waals surface area contributed by atoms with E-state index >= 15 is 0 Å². The number of rotatable bonds is 4. The highest BCUT2D eigenvalue weighted by molar-refractivity contribution is 14.1. The fourth-order valence-corrected chi connectivity index (χ4v) is 7.79. The molecule has 0 radical (unpaired) electrons. The highest BCUT2D eigenvalue weighted by Crippen LogP contribution is 2.53. The van der Waals surface area contributed by atoms with Crippen LogP contribution in [0.3, 0.4) is 0 Å². The number of carbonyl (C=O) groups is 1. The van der Waals surface area contributed by atoms with Crippen LogP contribution in [0, 0.1) is 12.6 Å². The average Bonchev–Trinajstić information content (AvgIpc) is 2.86. The van der Waals surface area contributed by atoms with Gasteiger partial charge >= 0.3 is 0 Å². The largest absolute Gasteiger partial charge is 0.487 e. The zero-order chi connectivity index (χ0) is 25.7. The highest BCUT2D eigenvalue weighted by Gasteiger charge is 2.41. The molecular formula is C32H27I2NO2. The predicted molar refractivity (Wildman–Crippen MR) is 168 cm³/mol. The Morgan fingerprint density at radius 2 is 1.70 bits per heavy atom. The van der Waals surface area contributed by atoms with E-state index in [4.69, 9.17) is 4.74 Å². The second-order valence-corrected chi connectivity index (χ2v) is 13.1. The van der Waals surface area contributed by atoms with Crippen molar-refractivity contribution in [1.82, 2.24) is 0 Å². The number of carbonyl (C=O) groups excluding carboxylic acids is 1. The Balaban J connectivity index is 1.54. The minimum atomic E-state index is -0.263. The van der Waals surface area contributed by atoms with E-state index in [-0.39, 0.29) is 17.2 Å². The first-order valence-electron chi connectivity index (χ1n) is 12.5. The molecule has 1 atom stereocenters. The van der Waals surface area contributed by atoms with Gasteiger partial charge in [-0.25, -0.2) is 0 Å². The SMILES string of the molecule is CC1(C)CC(=O)C2=C(C1)c1c(ccc3ccccc13)NC2c1cc(I)cc(I)c1OCc1ccccc1. The average molecular weight is 711 g/mol. The van der Waals surface area contributed by atoms with Crippen molar-refractivity contribution in [3.05, 3.63) is 108 Å². The monoisotopic (exact) mass is 711 g/mol. The molecule has 1 N–H and O–H groups in total. The van der Waals surface area contributed by atoms with Crippen molar-refractivity contribution < 1.29 is 9.53 Å². The maximum atomic E-state index is 13.9. The molecule has 0 spiro atoms. The number of allylic oxidation sites excluding steroid dienone is 1. The summed E-state index contributed by atoms with van der Waals surface area (Å²) in [4.78, 5) is 13.9. The summed E-state index contributed by atoms with van der Waals surface area (Å²) in [6, 6.07) is 27.1. The standard InChI is InChI=1S/C32H27I2NO2/c1-32(2)16-24-28-22-11-7-6-10-20(22)12-13-26(28)35-30(29(24)27(36)17-32)23-14-21(33)15-25(34)31(23)37-18-19-8-4-3-5-9-19/h3-15,30,35H,16-18H2,1-2H3. The van der Waals surface area contributed by atoms with Crippen molar-refractivity contribution in [2.24, 2.45) is 5.41 Å². The number of ketones is 1. The van der Waals surface area contributed by atoms with Gasteiger partial charge in [-0.1, -0.05) is 74.5 Å². The van der Waals surface area contributed by atoms with E-state index in [9.17, 15) is 4.79 Å². The molecule has 1 unspecified atom stereocenters. The summed E-state index contributed by atoms with van der Waals surface area (Å²) >= 11 is 4.73. The van der Waals surface area contributed by atoms with Crippen LogP contribution in [0.1, 0.15) is 49.4 Å². The smallest absolute Gasteiger partial charge is 0.162 e. The molecule has 2 aliphatic rings. The van der Waals surface area contributed by atoms with Crippen molar-refractivity contribution in [2.45, 2.75) is 39.3 Å². The summed E-state index contributed by atoms with van der Waals surface area (Å²) < 4.78 is 8.67. The Morgan fingerprint density at radius 1 is 0.946 bits per heavy atom. The van der Waals surface area contributed by atoms with E-state index in [1.807, 2.05) is 18.2 Å². The van der Waals surface area contributed by atoms with Gasteiger partial charge in [0, 0.05) is 32.4 Å². The van der Waals surface area contributed by atoms with Gasteiger partial charge in [0.25, 0.3) is 0 Å². The number of nitrogens with one attached hydrogen (secondary N) is 1. The summed E-state index contributed by atoms with van der Waals surface area (Å²) in [6.45, 7) is 4.89. The van der Waals surface area contributed by atoms with E-state index in [0.29, 0.717) is 13.0 Å². The summed E-state index contributed by atoms with van der Waals surface area (Å²) in [5, 5.41) is 6.18. The molecule has 3 nitrogen and oxygen atoms in total. The van der Waals surface area contributed by atoms with Gasteiger partial charge in [-0.2, -0.15) is 0 Å². The Hall–Kier alpha value is -2.39. The number of anilines is 1. The highest BCUT2D eigenvalue weighted by atomic mass is 127. The molecule has 6 rings (SSSR count). The summed E-state index contributed by atoms with van der Waals surface area (Å²) in [5.74, 6) is 1.07. The van der Waals surface area contributed by atoms with Gasteiger partial charge in [0.2, 0.25) is 0 Å². The van der Waals surface area contributed by atoms with Gasteiger partial charge in [0.05, 0.1) is 9.61 Å². The second kappa shape index (κ2) is 9.73. The van der Waals surface area contributed by atoms with Gasteiger partial charge in [-0.05, 0) is 97.1 Å². The lowest BCUT2D eigenvalue weighted by atomic mass is 9.68. The van der Waals surface area contributed by atoms with E-state index in [0.717, 1.165) is 41.7 Å². The number of ether oxygens (including phenoxy) is 1. The molecular weight excluding hydrogens is 684 g/mol. The van der Waals surface area contributed by atoms with Crippen LogP contribution >= 0.6 is 45.2 Å². The van der Waals surface area contributed by atoms with Crippen molar-refractivity contribution in [3.8, 4) is 5.75 Å². The van der Waals surface area contributed by atoms with E-state index in [1.165, 1.54) is 21.9 Å². The van der Waals surface area contributed by atoms with Crippen LogP contribution in [0.2, 0.25) is 0 Å². The second-order valence-electron chi connectivity index (χ2n) is 10.7. The first kappa shape index (κ1) is 24.9. The molecule has 0 amide bonds. The van der Waals surface area contributed by atoms with Crippen LogP contribution < -0.4 is 10.1 Å². The van der Waals surface area contributed by atoms with Crippen molar-refractivity contribution in [1.29, 1.82) is 0 Å². The van der Waals surface area contributed by atoms with Gasteiger partial charge < -0.3 is 10.1 Å². The lowest BCUT2D eigenvalue weighted by molar-refractivity contribution is -0.118. The maximum absolute atomic E-state index is 13.9. The zero-order valence-corrected chi connectivity index (χ0v) is 25.1. The lowest BCUT2D eigenvalue weighted by Gasteiger charge is -2.40. The summed E-state index contributed by atoms with van der Waals surface area (Å²) in [6.07, 6.45) is 1.42. The molecule has 4 aromatic carbocycles. The van der Waals surface area contributed by atoms with Gasteiger partial charge in [-0.15, -0.1) is 0 Å². The number of Topliss-reactive ketones (excluding diaryl/α,β-unsaturated/α-hetero) is 1. The molecule has 1 aliphatic heterocycles. The molecule has 0 aromatic heterocycles. The topological polar surface area (TPSA) is 38.3 Å². The fraction of sp³-hybridized carbons (Fsp3) is 0.219. The molecule has 5 heteroatoms. The Bertz CT molecular complexity index is 1570. The Kier molecular flexibility index (Phi) is 6.55. The molecule has 37 heavy (non-hydrogen) atoms. The molecule has 0 bridgehead atoms. The maximum Gasteiger partial charge on any atom is 0.162 e. The van der Waals surface area contributed by atoms with E-state index in [1.54, 1.807) is 0 Å². The molecule has 4 aromatic rings. The summed E-state index contributed by atoms with van der Waals surface area (Å²) in [7, 11) is 0. The van der Waals surface area contributed by atoms with Crippen LogP contribution in [-0.4, -0.2) is 5.78 Å². The molecule has 0 saturated carbocycles. The van der Waals surface area contributed by atoms with Crippen LogP contribution in [-0.2, 0) is 11.4 Å². The van der Waals surface area contributed by atoms with Crippen molar-refractivity contribution >= 4 is 73.0 Å². The van der Waals surface area contributed by atoms with Gasteiger partial charge in [0.15, 0.2) is 5.78 Å².